The fourth-order valence-corrected chi connectivity index (χ4v) is 3.81. The first-order chi connectivity index (χ1) is 10.2. The molecule has 1 aliphatic heterocycles. The molecule has 0 N–H and O–H groups in total. The SMILES string of the molecule is O=C1[C@H](Cc2ccccc2)SC(=S)N1Cc1cccnc1. The molecule has 2 heterocycles. The van der Waals surface area contributed by atoms with Crippen LogP contribution in [0.1, 0.15) is 11.1 Å². The van der Waals surface area contributed by atoms with Gasteiger partial charge in [0.1, 0.15) is 4.32 Å². The third-order valence-corrected chi connectivity index (χ3v) is 4.92. The molecule has 21 heavy (non-hydrogen) atoms. The number of pyridine rings is 1. The Morgan fingerprint density at radius 2 is 1.90 bits per heavy atom. The average molecular weight is 314 g/mol. The number of aromatic nitrogens is 1. The van der Waals surface area contributed by atoms with Crippen molar-refractivity contribution >= 4 is 34.2 Å². The molecule has 1 amide bonds. The van der Waals surface area contributed by atoms with Gasteiger partial charge in [0.25, 0.3) is 0 Å². The van der Waals surface area contributed by atoms with Crippen molar-refractivity contribution in [2.75, 3.05) is 0 Å². The van der Waals surface area contributed by atoms with Crippen LogP contribution >= 0.6 is 24.0 Å². The van der Waals surface area contributed by atoms with Crippen molar-refractivity contribution < 1.29 is 4.79 Å². The molecule has 0 bridgehead atoms. The number of hydrogen-bond donors (Lipinski definition) is 0. The van der Waals surface area contributed by atoms with E-state index in [9.17, 15) is 4.79 Å². The van der Waals surface area contributed by atoms with Gasteiger partial charge in [-0.3, -0.25) is 14.7 Å². The van der Waals surface area contributed by atoms with Gasteiger partial charge in [0.15, 0.2) is 0 Å². The molecular weight excluding hydrogens is 300 g/mol. The summed E-state index contributed by atoms with van der Waals surface area (Å²) in [6.45, 7) is 0.504. The van der Waals surface area contributed by atoms with E-state index in [2.05, 4.69) is 4.98 Å². The van der Waals surface area contributed by atoms with E-state index in [1.807, 2.05) is 42.5 Å². The predicted molar refractivity (Wildman–Crippen MR) is 88.9 cm³/mol. The zero-order valence-corrected chi connectivity index (χ0v) is 12.9. The summed E-state index contributed by atoms with van der Waals surface area (Å²) in [7, 11) is 0. The Hall–Kier alpha value is -1.72. The second kappa shape index (κ2) is 6.37. The number of carbonyl (C=O) groups excluding carboxylic acids is 1. The molecule has 5 heteroatoms. The number of rotatable bonds is 4. The Morgan fingerprint density at radius 3 is 2.62 bits per heavy atom. The molecule has 1 aromatic carbocycles. The minimum Gasteiger partial charge on any atom is -0.292 e. The van der Waals surface area contributed by atoms with Crippen molar-refractivity contribution in [2.45, 2.75) is 18.2 Å². The van der Waals surface area contributed by atoms with Gasteiger partial charge in [-0.25, -0.2) is 0 Å². The van der Waals surface area contributed by atoms with E-state index >= 15 is 0 Å². The van der Waals surface area contributed by atoms with Crippen molar-refractivity contribution in [2.24, 2.45) is 0 Å². The van der Waals surface area contributed by atoms with E-state index in [0.717, 1.165) is 11.1 Å². The predicted octanol–water partition coefficient (Wildman–Crippen LogP) is 3.05. The minimum absolute atomic E-state index is 0.0951. The highest BCUT2D eigenvalue weighted by atomic mass is 32.2. The number of carbonyl (C=O) groups is 1. The number of hydrogen-bond acceptors (Lipinski definition) is 4. The first-order valence-corrected chi connectivity index (χ1v) is 7.97. The first-order valence-electron chi connectivity index (χ1n) is 6.69. The molecule has 106 valence electrons. The molecule has 0 radical (unpaired) electrons. The summed E-state index contributed by atoms with van der Waals surface area (Å²) in [5, 5.41) is -0.114. The standard InChI is InChI=1S/C16H14N2OS2/c19-15-14(9-12-5-2-1-3-6-12)21-16(20)18(15)11-13-7-4-8-17-10-13/h1-8,10,14H,9,11H2/t14-/m0/s1. The highest BCUT2D eigenvalue weighted by Gasteiger charge is 2.36. The lowest BCUT2D eigenvalue weighted by Crippen LogP contribution is -2.31. The maximum absolute atomic E-state index is 12.5. The first kappa shape index (κ1) is 14.2. The summed E-state index contributed by atoms with van der Waals surface area (Å²) in [4.78, 5) is 18.3. The van der Waals surface area contributed by atoms with Crippen LogP contribution in [0.25, 0.3) is 0 Å². The van der Waals surface area contributed by atoms with Crippen LogP contribution < -0.4 is 0 Å². The molecule has 0 saturated carbocycles. The van der Waals surface area contributed by atoms with E-state index in [4.69, 9.17) is 12.2 Å². The van der Waals surface area contributed by atoms with Crippen LogP contribution in [0.15, 0.2) is 54.9 Å². The van der Waals surface area contributed by atoms with E-state index in [1.165, 1.54) is 11.8 Å². The summed E-state index contributed by atoms with van der Waals surface area (Å²) in [5.74, 6) is 0.0951. The van der Waals surface area contributed by atoms with Crippen LogP contribution in [0, 0.1) is 0 Å². The maximum atomic E-state index is 12.5. The summed E-state index contributed by atoms with van der Waals surface area (Å²) in [6.07, 6.45) is 4.21. The van der Waals surface area contributed by atoms with Crippen LogP contribution in [0.4, 0.5) is 0 Å². The lowest BCUT2D eigenvalue weighted by molar-refractivity contribution is -0.126. The van der Waals surface area contributed by atoms with Crippen LogP contribution in [-0.4, -0.2) is 25.4 Å². The molecule has 1 aromatic heterocycles. The number of amides is 1. The summed E-state index contributed by atoms with van der Waals surface area (Å²) in [6, 6.07) is 13.9. The van der Waals surface area contributed by atoms with Crippen molar-refractivity contribution in [3.63, 3.8) is 0 Å². The number of nitrogens with zero attached hydrogens (tertiary/aromatic N) is 2. The molecule has 2 aromatic rings. The van der Waals surface area contributed by atoms with E-state index < -0.39 is 0 Å². The fraction of sp³-hybridized carbons (Fsp3) is 0.188. The minimum atomic E-state index is -0.114. The van der Waals surface area contributed by atoms with E-state index in [-0.39, 0.29) is 11.2 Å². The van der Waals surface area contributed by atoms with Crippen molar-refractivity contribution in [1.82, 2.24) is 9.88 Å². The summed E-state index contributed by atoms with van der Waals surface area (Å²) >= 11 is 6.84. The highest BCUT2D eigenvalue weighted by molar-refractivity contribution is 8.24. The van der Waals surface area contributed by atoms with E-state index in [1.54, 1.807) is 17.3 Å². The normalized spacial score (nSPS) is 18.3. The zero-order valence-electron chi connectivity index (χ0n) is 11.3. The van der Waals surface area contributed by atoms with Crippen LogP contribution in [0.5, 0.6) is 0 Å². The maximum Gasteiger partial charge on any atom is 0.242 e. The van der Waals surface area contributed by atoms with Gasteiger partial charge in [0.2, 0.25) is 5.91 Å². The Bertz CT molecular complexity index is 646. The average Bonchev–Trinajstić information content (AvgIpc) is 2.77. The van der Waals surface area contributed by atoms with Gasteiger partial charge in [-0.2, -0.15) is 0 Å². The monoisotopic (exact) mass is 314 g/mol. The largest absolute Gasteiger partial charge is 0.292 e. The van der Waals surface area contributed by atoms with Gasteiger partial charge >= 0.3 is 0 Å². The van der Waals surface area contributed by atoms with Gasteiger partial charge in [0.05, 0.1) is 11.8 Å². The number of benzene rings is 1. The fourth-order valence-electron chi connectivity index (χ4n) is 2.27. The van der Waals surface area contributed by atoms with Gasteiger partial charge in [0, 0.05) is 12.4 Å². The third kappa shape index (κ3) is 3.31. The molecule has 0 unspecified atom stereocenters. The van der Waals surface area contributed by atoms with Crippen molar-refractivity contribution in [1.29, 1.82) is 0 Å². The van der Waals surface area contributed by atoms with Gasteiger partial charge < -0.3 is 0 Å². The summed E-state index contributed by atoms with van der Waals surface area (Å²) in [5.41, 5.74) is 2.16. The zero-order chi connectivity index (χ0) is 14.7. The Kier molecular flexibility index (Phi) is 4.31. The highest BCUT2D eigenvalue weighted by Crippen LogP contribution is 2.31. The summed E-state index contributed by atoms with van der Waals surface area (Å²) < 4.78 is 0.657. The molecular formula is C16H14N2OS2. The molecule has 3 nitrogen and oxygen atoms in total. The topological polar surface area (TPSA) is 33.2 Å². The molecule has 0 aliphatic carbocycles. The van der Waals surface area contributed by atoms with Gasteiger partial charge in [-0.15, -0.1) is 0 Å². The van der Waals surface area contributed by atoms with Crippen molar-refractivity contribution in [3.8, 4) is 0 Å². The molecule has 1 fully saturated rings. The second-order valence-electron chi connectivity index (χ2n) is 4.85. The Morgan fingerprint density at radius 1 is 1.14 bits per heavy atom. The number of thiocarbonyl (C=S) groups is 1. The molecule has 0 spiro atoms. The number of thioether (sulfide) groups is 1. The van der Waals surface area contributed by atoms with Crippen LogP contribution in [-0.2, 0) is 17.8 Å². The molecule has 1 atom stereocenters. The van der Waals surface area contributed by atoms with Gasteiger partial charge in [-0.05, 0) is 23.6 Å². The molecule has 3 rings (SSSR count). The molecule has 1 aliphatic rings. The van der Waals surface area contributed by atoms with E-state index in [0.29, 0.717) is 17.3 Å². The second-order valence-corrected chi connectivity index (χ2v) is 6.68. The lowest BCUT2D eigenvalue weighted by atomic mass is 10.1. The lowest BCUT2D eigenvalue weighted by Gasteiger charge is -2.15. The van der Waals surface area contributed by atoms with Crippen LogP contribution in [0.3, 0.4) is 0 Å². The van der Waals surface area contributed by atoms with Crippen molar-refractivity contribution in [3.05, 3.63) is 66.0 Å². The smallest absolute Gasteiger partial charge is 0.242 e. The van der Waals surface area contributed by atoms with Gasteiger partial charge in [-0.1, -0.05) is 60.4 Å². The quantitative estimate of drug-likeness (QED) is 0.812. The van der Waals surface area contributed by atoms with Crippen LogP contribution in [0.2, 0.25) is 0 Å². The Balaban J connectivity index is 1.70. The molecule has 1 saturated heterocycles. The Labute approximate surface area is 133 Å². The third-order valence-electron chi connectivity index (χ3n) is 3.33.